The van der Waals surface area contributed by atoms with Crippen LogP contribution in [0.3, 0.4) is 0 Å². The number of sulfonamides is 1. The van der Waals surface area contributed by atoms with Gasteiger partial charge in [-0.25, -0.2) is 17.5 Å². The van der Waals surface area contributed by atoms with Crippen LogP contribution in [-0.4, -0.2) is 27.7 Å². The highest BCUT2D eigenvalue weighted by Crippen LogP contribution is 2.26. The van der Waals surface area contributed by atoms with E-state index in [-0.39, 0.29) is 34.9 Å². The molecule has 1 saturated carbocycles. The van der Waals surface area contributed by atoms with Crippen LogP contribution < -0.4 is 10.5 Å². The van der Waals surface area contributed by atoms with Crippen LogP contribution in [0.4, 0.5) is 10.1 Å². The molecule has 5 nitrogen and oxygen atoms in total. The summed E-state index contributed by atoms with van der Waals surface area (Å²) in [6, 6.07) is 1.90. The molecule has 0 aromatic heterocycles. The molecule has 0 atom stereocenters. The molecule has 21 heavy (non-hydrogen) atoms. The van der Waals surface area contributed by atoms with E-state index in [1.54, 1.807) is 0 Å². The maximum Gasteiger partial charge on any atom is 0.242 e. The van der Waals surface area contributed by atoms with E-state index in [4.69, 9.17) is 22.1 Å². The minimum atomic E-state index is -3.83. The summed E-state index contributed by atoms with van der Waals surface area (Å²) >= 11 is 5.76. The molecule has 1 aromatic rings. The second-order valence-corrected chi connectivity index (χ2v) is 7.12. The van der Waals surface area contributed by atoms with Crippen molar-refractivity contribution >= 4 is 27.3 Å². The van der Waals surface area contributed by atoms with Gasteiger partial charge in [-0.05, 0) is 25.0 Å². The zero-order valence-corrected chi connectivity index (χ0v) is 13.0. The Kier molecular flexibility index (Phi) is 5.43. The lowest BCUT2D eigenvalue weighted by atomic mass is 10.3. The first kappa shape index (κ1) is 16.5. The van der Waals surface area contributed by atoms with E-state index < -0.39 is 15.8 Å². The van der Waals surface area contributed by atoms with Gasteiger partial charge in [0.2, 0.25) is 10.0 Å². The molecular weight excluding hydrogens is 319 g/mol. The summed E-state index contributed by atoms with van der Waals surface area (Å²) in [7, 11) is -3.83. The van der Waals surface area contributed by atoms with Crippen molar-refractivity contribution in [3.8, 4) is 0 Å². The first-order chi connectivity index (χ1) is 9.90. The van der Waals surface area contributed by atoms with Gasteiger partial charge in [0.05, 0.1) is 23.4 Å². The minimum absolute atomic E-state index is 0.131. The van der Waals surface area contributed by atoms with E-state index in [9.17, 15) is 12.8 Å². The van der Waals surface area contributed by atoms with Gasteiger partial charge in [0, 0.05) is 6.54 Å². The van der Waals surface area contributed by atoms with E-state index in [0.29, 0.717) is 0 Å². The summed E-state index contributed by atoms with van der Waals surface area (Å²) in [6.07, 6.45) is 4.57. The van der Waals surface area contributed by atoms with Gasteiger partial charge >= 0.3 is 0 Å². The number of nitrogens with two attached hydrogens (primary N) is 1. The van der Waals surface area contributed by atoms with Crippen molar-refractivity contribution in [2.45, 2.75) is 36.7 Å². The molecule has 118 valence electrons. The van der Waals surface area contributed by atoms with Crippen molar-refractivity contribution in [1.29, 1.82) is 0 Å². The summed E-state index contributed by atoms with van der Waals surface area (Å²) in [5, 5.41) is -0.203. The molecule has 1 aliphatic carbocycles. The van der Waals surface area contributed by atoms with E-state index in [0.717, 1.165) is 37.8 Å². The third-order valence-electron chi connectivity index (χ3n) is 3.39. The van der Waals surface area contributed by atoms with Crippen LogP contribution in [0.2, 0.25) is 5.02 Å². The standard InChI is InChI=1S/C13H18ClFN2O3S/c14-10-7-11(15)12(16)8-13(10)21(18,19)17-5-6-20-9-3-1-2-4-9/h7-9,17H,1-6,16H2. The molecule has 0 aliphatic heterocycles. The highest BCUT2D eigenvalue weighted by atomic mass is 35.5. The molecule has 1 aliphatic rings. The zero-order chi connectivity index (χ0) is 15.5. The largest absolute Gasteiger partial charge is 0.396 e. The van der Waals surface area contributed by atoms with Gasteiger partial charge in [-0.1, -0.05) is 24.4 Å². The number of hydrogen-bond acceptors (Lipinski definition) is 4. The fourth-order valence-electron chi connectivity index (χ4n) is 2.29. The number of halogens is 2. The van der Waals surface area contributed by atoms with Crippen molar-refractivity contribution in [2.24, 2.45) is 0 Å². The summed E-state index contributed by atoms with van der Waals surface area (Å²) < 4.78 is 45.3. The van der Waals surface area contributed by atoms with E-state index in [1.807, 2.05) is 0 Å². The van der Waals surface area contributed by atoms with Gasteiger partial charge in [0.25, 0.3) is 0 Å². The van der Waals surface area contributed by atoms with Crippen LogP contribution in [0.25, 0.3) is 0 Å². The van der Waals surface area contributed by atoms with Gasteiger partial charge in [-0.3, -0.25) is 0 Å². The highest BCUT2D eigenvalue weighted by Gasteiger charge is 2.20. The molecule has 0 heterocycles. The van der Waals surface area contributed by atoms with Crippen LogP contribution in [0.1, 0.15) is 25.7 Å². The van der Waals surface area contributed by atoms with E-state index >= 15 is 0 Å². The Morgan fingerprint density at radius 3 is 2.71 bits per heavy atom. The van der Waals surface area contributed by atoms with E-state index in [2.05, 4.69) is 4.72 Å². The molecule has 0 amide bonds. The van der Waals surface area contributed by atoms with Crippen LogP contribution in [0, 0.1) is 5.82 Å². The molecule has 3 N–H and O–H groups in total. The molecule has 0 spiro atoms. The quantitative estimate of drug-likeness (QED) is 0.617. The Hall–Kier alpha value is -0.890. The fourth-order valence-corrected chi connectivity index (χ4v) is 3.85. The number of rotatable bonds is 6. The molecule has 0 radical (unpaired) electrons. The normalized spacial score (nSPS) is 16.5. The van der Waals surface area contributed by atoms with Crippen molar-refractivity contribution in [3.05, 3.63) is 23.0 Å². The molecule has 0 bridgehead atoms. The topological polar surface area (TPSA) is 81.4 Å². The van der Waals surface area contributed by atoms with Crippen molar-refractivity contribution < 1.29 is 17.5 Å². The lowest BCUT2D eigenvalue weighted by molar-refractivity contribution is 0.0626. The average molecular weight is 337 g/mol. The number of benzene rings is 1. The van der Waals surface area contributed by atoms with Gasteiger partial charge in [0.15, 0.2) is 0 Å². The third-order valence-corrected chi connectivity index (χ3v) is 5.32. The Bertz CT molecular complexity index is 604. The first-order valence-corrected chi connectivity index (χ1v) is 8.62. The van der Waals surface area contributed by atoms with Gasteiger partial charge in [0.1, 0.15) is 10.7 Å². The maximum atomic E-state index is 13.2. The summed E-state index contributed by atoms with van der Waals surface area (Å²) in [6.45, 7) is 0.421. The maximum absolute atomic E-state index is 13.2. The van der Waals surface area contributed by atoms with Gasteiger partial charge in [-0.2, -0.15) is 0 Å². The highest BCUT2D eigenvalue weighted by molar-refractivity contribution is 7.89. The molecule has 0 saturated heterocycles. The monoisotopic (exact) mass is 336 g/mol. The smallest absolute Gasteiger partial charge is 0.242 e. The number of anilines is 1. The Morgan fingerprint density at radius 2 is 2.05 bits per heavy atom. The number of hydrogen-bond donors (Lipinski definition) is 2. The van der Waals surface area contributed by atoms with Crippen molar-refractivity contribution in [3.63, 3.8) is 0 Å². The Labute approximate surface area is 128 Å². The summed E-state index contributed by atoms with van der Waals surface area (Å²) in [4.78, 5) is -0.232. The van der Waals surface area contributed by atoms with E-state index in [1.165, 1.54) is 0 Å². The molecule has 2 rings (SSSR count). The van der Waals surface area contributed by atoms with Crippen LogP contribution in [-0.2, 0) is 14.8 Å². The Balaban J connectivity index is 1.93. The van der Waals surface area contributed by atoms with Crippen LogP contribution >= 0.6 is 11.6 Å². The van der Waals surface area contributed by atoms with Gasteiger partial charge in [-0.15, -0.1) is 0 Å². The molecular formula is C13H18ClFN2O3S. The zero-order valence-electron chi connectivity index (χ0n) is 11.4. The lowest BCUT2D eigenvalue weighted by Gasteiger charge is -2.12. The second kappa shape index (κ2) is 6.91. The van der Waals surface area contributed by atoms with Gasteiger partial charge < -0.3 is 10.5 Å². The summed E-state index contributed by atoms with van der Waals surface area (Å²) in [5.74, 6) is -0.747. The molecule has 0 unspecified atom stereocenters. The average Bonchev–Trinajstić information content (AvgIpc) is 2.92. The molecule has 1 fully saturated rings. The SMILES string of the molecule is Nc1cc(S(=O)(=O)NCCOC2CCCC2)c(Cl)cc1F. The summed E-state index contributed by atoms with van der Waals surface area (Å²) in [5.41, 5.74) is 5.11. The number of ether oxygens (including phenoxy) is 1. The lowest BCUT2D eigenvalue weighted by Crippen LogP contribution is -2.29. The molecule has 8 heteroatoms. The molecule has 1 aromatic carbocycles. The first-order valence-electron chi connectivity index (χ1n) is 6.76. The minimum Gasteiger partial charge on any atom is -0.396 e. The van der Waals surface area contributed by atoms with Crippen LogP contribution in [0.15, 0.2) is 17.0 Å². The number of nitrogen functional groups attached to an aromatic ring is 1. The predicted molar refractivity (Wildman–Crippen MR) is 79.2 cm³/mol. The third kappa shape index (κ3) is 4.29. The number of nitrogens with one attached hydrogen (secondary N) is 1. The van der Waals surface area contributed by atoms with Crippen molar-refractivity contribution in [1.82, 2.24) is 4.72 Å². The van der Waals surface area contributed by atoms with Crippen molar-refractivity contribution in [2.75, 3.05) is 18.9 Å². The van der Waals surface area contributed by atoms with Crippen LogP contribution in [0.5, 0.6) is 0 Å². The second-order valence-electron chi connectivity index (χ2n) is 4.98. The Morgan fingerprint density at radius 1 is 1.38 bits per heavy atom. The predicted octanol–water partition coefficient (Wildman–Crippen LogP) is 2.30. The fraction of sp³-hybridized carbons (Fsp3) is 0.538.